The van der Waals surface area contributed by atoms with E-state index in [1.165, 1.54) is 0 Å². The van der Waals surface area contributed by atoms with Crippen molar-refractivity contribution < 1.29 is 18.3 Å². The lowest BCUT2D eigenvalue weighted by Gasteiger charge is -2.20. The van der Waals surface area contributed by atoms with Gasteiger partial charge in [-0.25, -0.2) is 0 Å². The number of aliphatic hydroxyl groups is 1. The zero-order valence-corrected chi connectivity index (χ0v) is 7.51. The standard InChI is InChI=1S/C8H14F3NO/c1-6-4-7(13)5-12(6)3-2-8(9,10)11/h6-7,13H,2-5H2,1H3. The van der Waals surface area contributed by atoms with Gasteiger partial charge in [0.05, 0.1) is 12.5 Å². The maximum Gasteiger partial charge on any atom is 0.390 e. The third-order valence-electron chi connectivity index (χ3n) is 2.36. The SMILES string of the molecule is CC1CC(O)CN1CCC(F)(F)F. The predicted octanol–water partition coefficient (Wildman–Crippen LogP) is 1.39. The zero-order valence-electron chi connectivity index (χ0n) is 7.51. The number of alkyl halides is 3. The highest BCUT2D eigenvalue weighted by Gasteiger charge is 2.32. The smallest absolute Gasteiger partial charge is 0.390 e. The maximum atomic E-state index is 11.8. The van der Waals surface area contributed by atoms with Crippen LogP contribution in [0.25, 0.3) is 0 Å². The van der Waals surface area contributed by atoms with Crippen molar-refractivity contribution in [3.63, 3.8) is 0 Å². The van der Waals surface area contributed by atoms with Crippen molar-refractivity contribution in [2.75, 3.05) is 13.1 Å². The van der Waals surface area contributed by atoms with E-state index in [0.717, 1.165) is 0 Å². The van der Waals surface area contributed by atoms with E-state index in [-0.39, 0.29) is 12.6 Å². The number of likely N-dealkylation sites (tertiary alicyclic amines) is 1. The Hall–Kier alpha value is -0.290. The number of aliphatic hydroxyl groups excluding tert-OH is 1. The Kier molecular flexibility index (Phi) is 3.18. The predicted molar refractivity (Wildman–Crippen MR) is 42.3 cm³/mol. The normalized spacial score (nSPS) is 31.2. The summed E-state index contributed by atoms with van der Waals surface area (Å²) >= 11 is 0. The third kappa shape index (κ3) is 3.52. The second-order valence-electron chi connectivity index (χ2n) is 3.60. The molecule has 2 atom stereocenters. The highest BCUT2D eigenvalue weighted by Crippen LogP contribution is 2.23. The molecule has 13 heavy (non-hydrogen) atoms. The number of halogens is 3. The van der Waals surface area contributed by atoms with Crippen molar-refractivity contribution in [1.82, 2.24) is 4.90 Å². The van der Waals surface area contributed by atoms with Gasteiger partial charge in [-0.15, -0.1) is 0 Å². The topological polar surface area (TPSA) is 23.5 Å². The number of nitrogens with zero attached hydrogens (tertiary/aromatic N) is 1. The monoisotopic (exact) mass is 197 g/mol. The van der Waals surface area contributed by atoms with Crippen LogP contribution in [0.2, 0.25) is 0 Å². The van der Waals surface area contributed by atoms with E-state index in [1.54, 1.807) is 4.90 Å². The fourth-order valence-corrected chi connectivity index (χ4v) is 1.65. The molecule has 0 spiro atoms. The molecule has 0 amide bonds. The van der Waals surface area contributed by atoms with E-state index in [2.05, 4.69) is 0 Å². The number of rotatable bonds is 2. The van der Waals surface area contributed by atoms with Gasteiger partial charge in [-0.2, -0.15) is 13.2 Å². The van der Waals surface area contributed by atoms with E-state index in [0.29, 0.717) is 13.0 Å². The summed E-state index contributed by atoms with van der Waals surface area (Å²) in [6.45, 7) is 2.21. The Morgan fingerprint density at radius 2 is 2.08 bits per heavy atom. The summed E-state index contributed by atoms with van der Waals surface area (Å²) in [6, 6.07) is 0.0670. The van der Waals surface area contributed by atoms with Gasteiger partial charge in [0, 0.05) is 19.1 Å². The van der Waals surface area contributed by atoms with Crippen LogP contribution in [0.15, 0.2) is 0 Å². The molecule has 0 aromatic heterocycles. The Morgan fingerprint density at radius 1 is 1.46 bits per heavy atom. The summed E-state index contributed by atoms with van der Waals surface area (Å²) < 4.78 is 35.5. The van der Waals surface area contributed by atoms with Crippen LogP contribution in [0.3, 0.4) is 0 Å². The van der Waals surface area contributed by atoms with Crippen LogP contribution in [-0.2, 0) is 0 Å². The van der Waals surface area contributed by atoms with E-state index in [1.807, 2.05) is 6.92 Å². The van der Waals surface area contributed by atoms with Crippen molar-refractivity contribution in [3.05, 3.63) is 0 Å². The highest BCUT2D eigenvalue weighted by atomic mass is 19.4. The van der Waals surface area contributed by atoms with Crippen molar-refractivity contribution in [2.24, 2.45) is 0 Å². The minimum atomic E-state index is -4.09. The van der Waals surface area contributed by atoms with Crippen LogP contribution in [-0.4, -0.2) is 41.4 Å². The molecule has 0 aromatic rings. The van der Waals surface area contributed by atoms with Gasteiger partial charge in [0.2, 0.25) is 0 Å². The summed E-state index contributed by atoms with van der Waals surface area (Å²) in [4.78, 5) is 1.68. The van der Waals surface area contributed by atoms with Gasteiger partial charge in [0.1, 0.15) is 0 Å². The van der Waals surface area contributed by atoms with E-state index in [4.69, 9.17) is 0 Å². The fraction of sp³-hybridized carbons (Fsp3) is 1.00. The number of β-amino-alcohol motifs (C(OH)–C–C–N with tert-alkyl or cyclic N) is 1. The van der Waals surface area contributed by atoms with E-state index in [9.17, 15) is 18.3 Å². The summed E-state index contributed by atoms with van der Waals surface area (Å²) in [5, 5.41) is 9.18. The average Bonchev–Trinajstić information content (AvgIpc) is 2.24. The molecule has 78 valence electrons. The van der Waals surface area contributed by atoms with Gasteiger partial charge in [-0.05, 0) is 13.3 Å². The Balaban J connectivity index is 2.30. The zero-order chi connectivity index (χ0) is 10.1. The lowest BCUT2D eigenvalue weighted by atomic mass is 10.2. The average molecular weight is 197 g/mol. The summed E-state index contributed by atoms with van der Waals surface area (Å²) in [5.41, 5.74) is 0. The van der Waals surface area contributed by atoms with Gasteiger partial charge >= 0.3 is 6.18 Å². The first kappa shape index (κ1) is 10.8. The van der Waals surface area contributed by atoms with Gasteiger partial charge in [-0.1, -0.05) is 0 Å². The molecule has 2 unspecified atom stereocenters. The highest BCUT2D eigenvalue weighted by molar-refractivity contribution is 4.82. The molecule has 1 saturated heterocycles. The second-order valence-corrected chi connectivity index (χ2v) is 3.60. The minimum absolute atomic E-state index is 0.00171. The van der Waals surface area contributed by atoms with Crippen LogP contribution in [0, 0.1) is 0 Å². The molecule has 1 heterocycles. The fourth-order valence-electron chi connectivity index (χ4n) is 1.65. The molecule has 0 aromatic carbocycles. The van der Waals surface area contributed by atoms with Gasteiger partial charge in [-0.3, -0.25) is 4.90 Å². The first-order valence-corrected chi connectivity index (χ1v) is 4.37. The molecule has 0 bridgehead atoms. The molecule has 0 radical (unpaired) electrons. The van der Waals surface area contributed by atoms with Crippen LogP contribution >= 0.6 is 0 Å². The van der Waals surface area contributed by atoms with E-state index < -0.39 is 18.7 Å². The number of hydrogen-bond acceptors (Lipinski definition) is 2. The number of hydrogen-bond donors (Lipinski definition) is 1. The quantitative estimate of drug-likeness (QED) is 0.723. The van der Waals surface area contributed by atoms with Crippen molar-refractivity contribution >= 4 is 0 Å². The van der Waals surface area contributed by atoms with Gasteiger partial charge < -0.3 is 5.11 Å². The van der Waals surface area contributed by atoms with Crippen molar-refractivity contribution in [3.8, 4) is 0 Å². The van der Waals surface area contributed by atoms with Crippen LogP contribution in [0.5, 0.6) is 0 Å². The van der Waals surface area contributed by atoms with Gasteiger partial charge in [0.25, 0.3) is 0 Å². The summed E-state index contributed by atoms with van der Waals surface area (Å²) in [5.74, 6) is 0. The lowest BCUT2D eigenvalue weighted by molar-refractivity contribution is -0.138. The molecule has 2 nitrogen and oxygen atoms in total. The van der Waals surface area contributed by atoms with Crippen LogP contribution in [0.4, 0.5) is 13.2 Å². The Labute approximate surface area is 75.3 Å². The van der Waals surface area contributed by atoms with Crippen molar-refractivity contribution in [1.29, 1.82) is 0 Å². The molecule has 0 aliphatic carbocycles. The van der Waals surface area contributed by atoms with Gasteiger partial charge in [0.15, 0.2) is 0 Å². The summed E-state index contributed by atoms with van der Waals surface area (Å²) in [7, 11) is 0. The lowest BCUT2D eigenvalue weighted by Crippen LogP contribution is -2.31. The van der Waals surface area contributed by atoms with E-state index >= 15 is 0 Å². The third-order valence-corrected chi connectivity index (χ3v) is 2.36. The molecule has 1 N–H and O–H groups in total. The molecular formula is C8H14F3NO. The largest absolute Gasteiger partial charge is 0.392 e. The first-order chi connectivity index (χ1) is 5.88. The van der Waals surface area contributed by atoms with Crippen molar-refractivity contribution in [2.45, 2.75) is 38.1 Å². The Morgan fingerprint density at radius 3 is 2.46 bits per heavy atom. The molecule has 1 fully saturated rings. The molecule has 1 aliphatic rings. The second kappa shape index (κ2) is 3.84. The first-order valence-electron chi connectivity index (χ1n) is 4.37. The maximum absolute atomic E-state index is 11.8. The molecule has 5 heteroatoms. The molecule has 1 rings (SSSR count). The molecular weight excluding hydrogens is 183 g/mol. The molecule has 1 aliphatic heterocycles. The van der Waals surface area contributed by atoms with Crippen LogP contribution in [0.1, 0.15) is 19.8 Å². The molecule has 0 saturated carbocycles. The minimum Gasteiger partial charge on any atom is -0.392 e. The van der Waals surface area contributed by atoms with Crippen LogP contribution < -0.4 is 0 Å². The summed E-state index contributed by atoms with van der Waals surface area (Å²) in [6.07, 6.45) is -4.75. The Bertz CT molecular complexity index is 171.